The molecule has 0 bridgehead atoms. The third kappa shape index (κ3) is 4.31. The van der Waals surface area contributed by atoms with Crippen molar-refractivity contribution in [3.05, 3.63) is 35.6 Å². The highest BCUT2D eigenvalue weighted by molar-refractivity contribution is 5.84. The van der Waals surface area contributed by atoms with Crippen LogP contribution in [0.25, 0.3) is 16.9 Å². The van der Waals surface area contributed by atoms with Gasteiger partial charge in [-0.25, -0.2) is 9.18 Å². The number of rotatable bonds is 6. The van der Waals surface area contributed by atoms with Crippen LogP contribution in [-0.2, 0) is 6.42 Å². The van der Waals surface area contributed by atoms with Gasteiger partial charge in [-0.2, -0.15) is 14.8 Å². The minimum absolute atomic E-state index is 0.133. The van der Waals surface area contributed by atoms with Crippen LogP contribution in [0.3, 0.4) is 0 Å². The molecule has 3 aromatic rings. The van der Waals surface area contributed by atoms with Crippen molar-refractivity contribution < 1.29 is 18.8 Å². The summed E-state index contributed by atoms with van der Waals surface area (Å²) in [5.74, 6) is 1.34. The average molecular weight is 457 g/mol. The van der Waals surface area contributed by atoms with Gasteiger partial charge in [-0.15, -0.1) is 0 Å². The van der Waals surface area contributed by atoms with E-state index in [0.29, 0.717) is 42.8 Å². The Morgan fingerprint density at radius 3 is 2.82 bits per heavy atom. The van der Waals surface area contributed by atoms with Crippen LogP contribution < -0.4 is 0 Å². The summed E-state index contributed by atoms with van der Waals surface area (Å²) in [7, 11) is 0. The predicted octanol–water partition coefficient (Wildman–Crippen LogP) is 3.54. The molecule has 1 amide bonds. The summed E-state index contributed by atoms with van der Waals surface area (Å²) in [5, 5.41) is 18.6. The Kier molecular flexibility index (Phi) is 5.77. The Bertz CT molecular complexity index is 1160. The summed E-state index contributed by atoms with van der Waals surface area (Å²) in [6, 6.07) is 4.97. The predicted molar refractivity (Wildman–Crippen MR) is 119 cm³/mol. The van der Waals surface area contributed by atoms with Crippen LogP contribution in [0.2, 0.25) is 0 Å². The fourth-order valence-electron chi connectivity index (χ4n) is 5.15. The molecule has 2 aliphatic heterocycles. The van der Waals surface area contributed by atoms with Gasteiger partial charge in [0.05, 0.1) is 5.69 Å². The van der Waals surface area contributed by atoms with Crippen molar-refractivity contribution in [3.8, 4) is 5.95 Å². The topological polar surface area (TPSA) is 101 Å². The maximum Gasteiger partial charge on any atom is 0.407 e. The summed E-state index contributed by atoms with van der Waals surface area (Å²) >= 11 is 0. The number of nitrogens with zero attached hydrogens (tertiary/aromatic N) is 6. The van der Waals surface area contributed by atoms with Gasteiger partial charge in [0.15, 0.2) is 0 Å². The van der Waals surface area contributed by atoms with Crippen molar-refractivity contribution in [2.75, 3.05) is 32.7 Å². The number of amides is 1. The second-order valence-electron chi connectivity index (χ2n) is 9.58. The van der Waals surface area contributed by atoms with Gasteiger partial charge in [0.25, 0.3) is 5.95 Å². The normalized spacial score (nSPS) is 21.6. The van der Waals surface area contributed by atoms with E-state index in [4.69, 9.17) is 9.63 Å². The molecule has 0 saturated carbocycles. The first-order valence-electron chi connectivity index (χ1n) is 11.6. The van der Waals surface area contributed by atoms with Gasteiger partial charge in [0.1, 0.15) is 11.3 Å². The molecule has 2 aromatic heterocycles. The van der Waals surface area contributed by atoms with Gasteiger partial charge in [-0.3, -0.25) is 0 Å². The van der Waals surface area contributed by atoms with E-state index in [1.165, 1.54) is 15.6 Å². The SMILES string of the molecule is CC(C)c1nn(-c2noc(CC3CCN(C[C@H]4CCN(C(=O)O)C4)C3)n2)c2c(F)cccc12. The van der Waals surface area contributed by atoms with Crippen molar-refractivity contribution in [2.45, 2.75) is 39.0 Å². The first kappa shape index (κ1) is 21.8. The number of benzene rings is 1. The first-order chi connectivity index (χ1) is 15.9. The Labute approximate surface area is 191 Å². The summed E-state index contributed by atoms with van der Waals surface area (Å²) in [4.78, 5) is 19.6. The number of likely N-dealkylation sites (tertiary alicyclic amines) is 2. The van der Waals surface area contributed by atoms with E-state index < -0.39 is 6.09 Å². The molecule has 9 nitrogen and oxygen atoms in total. The van der Waals surface area contributed by atoms with Crippen LogP contribution in [0.4, 0.5) is 9.18 Å². The molecule has 1 unspecified atom stereocenters. The van der Waals surface area contributed by atoms with Crippen LogP contribution in [0.15, 0.2) is 22.7 Å². The lowest BCUT2D eigenvalue weighted by Crippen LogP contribution is -2.31. The van der Waals surface area contributed by atoms with Crippen LogP contribution >= 0.6 is 0 Å². The van der Waals surface area contributed by atoms with Crippen LogP contribution in [0.1, 0.15) is 44.2 Å². The molecular formula is C23H29FN6O3. The minimum atomic E-state index is -0.825. The van der Waals surface area contributed by atoms with E-state index in [-0.39, 0.29) is 17.7 Å². The third-order valence-corrected chi connectivity index (χ3v) is 6.78. The van der Waals surface area contributed by atoms with Crippen LogP contribution in [0.5, 0.6) is 0 Å². The van der Waals surface area contributed by atoms with Crippen LogP contribution in [0, 0.1) is 17.7 Å². The highest BCUT2D eigenvalue weighted by Crippen LogP contribution is 2.29. The molecular weight excluding hydrogens is 427 g/mol. The first-order valence-corrected chi connectivity index (χ1v) is 11.6. The minimum Gasteiger partial charge on any atom is -0.465 e. The number of fused-ring (bicyclic) bond motifs is 1. The van der Waals surface area contributed by atoms with E-state index in [0.717, 1.165) is 43.6 Å². The van der Waals surface area contributed by atoms with Gasteiger partial charge < -0.3 is 19.4 Å². The summed E-state index contributed by atoms with van der Waals surface area (Å²) in [5.41, 5.74) is 1.17. The Balaban J connectivity index is 1.25. The fraction of sp³-hybridized carbons (Fsp3) is 0.565. The van der Waals surface area contributed by atoms with Gasteiger partial charge in [0, 0.05) is 38.0 Å². The molecule has 10 heteroatoms. The maximum atomic E-state index is 14.6. The second kappa shape index (κ2) is 8.74. The lowest BCUT2D eigenvalue weighted by Gasteiger charge is -2.20. The number of carbonyl (C=O) groups is 1. The van der Waals surface area contributed by atoms with Crippen molar-refractivity contribution in [3.63, 3.8) is 0 Å². The van der Waals surface area contributed by atoms with E-state index in [2.05, 4.69) is 20.1 Å². The molecule has 1 N–H and O–H groups in total. The standard InChI is InChI=1S/C23H29FN6O3/c1-14(2)20-17-4-3-5-18(24)21(17)30(26-20)22-25-19(33-27-22)10-15-6-8-28(11-15)12-16-7-9-29(13-16)23(31)32/h3-5,14-16H,6-13H2,1-2H3,(H,31,32)/t15?,16-/m1/s1. The Morgan fingerprint density at radius 1 is 1.24 bits per heavy atom. The average Bonchev–Trinajstić information content (AvgIpc) is 3.55. The second-order valence-corrected chi connectivity index (χ2v) is 9.58. The molecule has 1 aromatic carbocycles. The largest absolute Gasteiger partial charge is 0.465 e. The van der Waals surface area contributed by atoms with Gasteiger partial charge in [-0.1, -0.05) is 26.0 Å². The number of hydrogen-bond acceptors (Lipinski definition) is 6. The number of hydrogen-bond donors (Lipinski definition) is 1. The van der Waals surface area contributed by atoms with E-state index in [1.54, 1.807) is 6.07 Å². The van der Waals surface area contributed by atoms with Crippen molar-refractivity contribution in [1.29, 1.82) is 0 Å². The Morgan fingerprint density at radius 2 is 2.06 bits per heavy atom. The molecule has 2 atom stereocenters. The molecule has 0 spiro atoms. The monoisotopic (exact) mass is 456 g/mol. The number of carboxylic acid groups (broad SMARTS) is 1. The van der Waals surface area contributed by atoms with Crippen molar-refractivity contribution in [2.24, 2.45) is 11.8 Å². The van der Waals surface area contributed by atoms with Crippen molar-refractivity contribution in [1.82, 2.24) is 29.7 Å². The zero-order valence-corrected chi connectivity index (χ0v) is 18.9. The molecule has 176 valence electrons. The molecule has 5 rings (SSSR count). The highest BCUT2D eigenvalue weighted by Gasteiger charge is 2.31. The summed E-state index contributed by atoms with van der Waals surface area (Å²) < 4.78 is 21.6. The van der Waals surface area contributed by atoms with E-state index in [9.17, 15) is 9.18 Å². The molecule has 2 saturated heterocycles. The Hall–Kier alpha value is -3.01. The van der Waals surface area contributed by atoms with Gasteiger partial charge >= 0.3 is 6.09 Å². The van der Waals surface area contributed by atoms with Gasteiger partial charge in [0.2, 0.25) is 5.89 Å². The smallest absolute Gasteiger partial charge is 0.407 e. The molecule has 0 radical (unpaired) electrons. The molecule has 2 aliphatic rings. The number of halogens is 1. The van der Waals surface area contributed by atoms with E-state index >= 15 is 0 Å². The fourth-order valence-corrected chi connectivity index (χ4v) is 5.15. The van der Waals surface area contributed by atoms with Crippen molar-refractivity contribution >= 4 is 17.0 Å². The van der Waals surface area contributed by atoms with Gasteiger partial charge in [-0.05, 0) is 48.4 Å². The molecule has 4 heterocycles. The lowest BCUT2D eigenvalue weighted by molar-refractivity contribution is 0.152. The number of aromatic nitrogens is 4. The van der Waals surface area contributed by atoms with E-state index in [1.807, 2.05) is 19.9 Å². The quantitative estimate of drug-likeness (QED) is 0.605. The molecule has 0 aliphatic carbocycles. The zero-order chi connectivity index (χ0) is 23.1. The summed E-state index contributed by atoms with van der Waals surface area (Å²) in [6.45, 7) is 8.14. The highest BCUT2D eigenvalue weighted by atomic mass is 19.1. The summed E-state index contributed by atoms with van der Waals surface area (Å²) in [6.07, 6.45) is 1.79. The maximum absolute atomic E-state index is 14.6. The zero-order valence-electron chi connectivity index (χ0n) is 18.9. The molecule has 33 heavy (non-hydrogen) atoms. The lowest BCUT2D eigenvalue weighted by atomic mass is 10.1. The van der Waals surface area contributed by atoms with Crippen LogP contribution in [-0.4, -0.2) is 73.6 Å². The third-order valence-electron chi connectivity index (χ3n) is 6.78. The molecule has 2 fully saturated rings. The number of para-hydroxylation sites is 1.